The third kappa shape index (κ3) is 2.61. The molecule has 1 heterocycles. The van der Waals surface area contributed by atoms with Crippen LogP contribution in [0.2, 0.25) is 0 Å². The molecule has 1 aromatic heterocycles. The van der Waals surface area contributed by atoms with E-state index in [0.29, 0.717) is 5.82 Å². The smallest absolute Gasteiger partial charge is 0.254 e. The molecule has 0 spiro atoms. The first-order valence-corrected chi connectivity index (χ1v) is 5.86. The summed E-state index contributed by atoms with van der Waals surface area (Å²) in [5, 5.41) is 0. The van der Waals surface area contributed by atoms with Gasteiger partial charge in [-0.25, -0.2) is 13.8 Å². The van der Waals surface area contributed by atoms with Crippen molar-refractivity contribution in [3.8, 4) is 0 Å². The summed E-state index contributed by atoms with van der Waals surface area (Å²) < 4.78 is 28.5. The molecule has 0 saturated heterocycles. The van der Waals surface area contributed by atoms with E-state index in [2.05, 4.69) is 4.98 Å². The molecule has 0 aliphatic rings. The molecule has 2 N–H and O–H groups in total. The van der Waals surface area contributed by atoms with Gasteiger partial charge in [-0.15, -0.1) is 0 Å². The average Bonchev–Trinajstić information content (AvgIpc) is 2.80. The van der Waals surface area contributed by atoms with Gasteiger partial charge in [0.1, 0.15) is 23.1 Å². The Bertz CT molecular complexity index is 631. The molecule has 1 amide bonds. The normalized spacial score (nSPS) is 10.6. The zero-order valence-corrected chi connectivity index (χ0v) is 11.1. The van der Waals surface area contributed by atoms with E-state index >= 15 is 0 Å². The summed E-state index contributed by atoms with van der Waals surface area (Å²) in [6.45, 7) is 0.232. The van der Waals surface area contributed by atoms with Crippen molar-refractivity contribution in [3.63, 3.8) is 0 Å². The van der Waals surface area contributed by atoms with E-state index in [9.17, 15) is 13.6 Å². The van der Waals surface area contributed by atoms with Gasteiger partial charge in [0.25, 0.3) is 5.91 Å². The molecule has 106 valence electrons. The van der Waals surface area contributed by atoms with Crippen molar-refractivity contribution >= 4 is 11.6 Å². The first-order chi connectivity index (χ1) is 9.40. The van der Waals surface area contributed by atoms with Crippen LogP contribution in [0.15, 0.2) is 24.5 Å². The lowest BCUT2D eigenvalue weighted by Gasteiger charge is -2.17. The van der Waals surface area contributed by atoms with Crippen molar-refractivity contribution in [1.29, 1.82) is 0 Å². The summed E-state index contributed by atoms with van der Waals surface area (Å²) in [5.41, 5.74) is 4.49. The van der Waals surface area contributed by atoms with Gasteiger partial charge in [-0.2, -0.15) is 0 Å². The number of amides is 1. The molecule has 0 atom stereocenters. The zero-order valence-electron chi connectivity index (χ0n) is 11.1. The third-order valence-electron chi connectivity index (χ3n) is 2.97. The summed E-state index contributed by atoms with van der Waals surface area (Å²) >= 11 is 0. The summed E-state index contributed by atoms with van der Waals surface area (Å²) in [6, 6.07) is 1.85. The fourth-order valence-electron chi connectivity index (χ4n) is 1.76. The second kappa shape index (κ2) is 5.28. The number of aryl methyl sites for hydroxylation is 1. The highest BCUT2D eigenvalue weighted by Gasteiger charge is 2.17. The highest BCUT2D eigenvalue weighted by Crippen LogP contribution is 2.18. The van der Waals surface area contributed by atoms with Crippen LogP contribution in [0.3, 0.4) is 0 Å². The van der Waals surface area contributed by atoms with E-state index < -0.39 is 23.2 Å². The number of nitrogens with two attached hydrogens (primary N) is 1. The van der Waals surface area contributed by atoms with E-state index in [1.807, 2.05) is 0 Å². The Kier molecular flexibility index (Phi) is 3.69. The van der Waals surface area contributed by atoms with Gasteiger partial charge in [0, 0.05) is 32.1 Å². The maximum atomic E-state index is 13.4. The number of nitrogens with zero attached hydrogens (tertiary/aromatic N) is 3. The van der Waals surface area contributed by atoms with Gasteiger partial charge in [0.2, 0.25) is 0 Å². The summed E-state index contributed by atoms with van der Waals surface area (Å²) in [5.74, 6) is -1.74. The minimum Gasteiger partial charge on any atom is -0.394 e. The van der Waals surface area contributed by atoms with E-state index in [4.69, 9.17) is 5.73 Å². The molecule has 2 aromatic rings. The Hall–Kier alpha value is -2.44. The summed E-state index contributed by atoms with van der Waals surface area (Å²) in [7, 11) is 3.33. The number of carbonyl (C=O) groups excluding carboxylic acids is 1. The van der Waals surface area contributed by atoms with Crippen molar-refractivity contribution in [2.24, 2.45) is 7.05 Å². The Morgan fingerprint density at radius 3 is 2.50 bits per heavy atom. The molecule has 0 fully saturated rings. The molecule has 0 aliphatic carbocycles. The zero-order chi connectivity index (χ0) is 14.9. The van der Waals surface area contributed by atoms with E-state index in [-0.39, 0.29) is 12.1 Å². The average molecular weight is 280 g/mol. The van der Waals surface area contributed by atoms with Gasteiger partial charge in [0.15, 0.2) is 0 Å². The fraction of sp³-hybridized carbons (Fsp3) is 0.231. The number of halogens is 2. The van der Waals surface area contributed by atoms with Crippen LogP contribution in [0.5, 0.6) is 0 Å². The minimum atomic E-state index is -0.946. The third-order valence-corrected chi connectivity index (χ3v) is 2.97. The molecule has 1 aromatic carbocycles. The van der Waals surface area contributed by atoms with Gasteiger partial charge in [-0.1, -0.05) is 0 Å². The molecule has 20 heavy (non-hydrogen) atoms. The van der Waals surface area contributed by atoms with Crippen molar-refractivity contribution in [2.45, 2.75) is 6.54 Å². The maximum absolute atomic E-state index is 13.4. The van der Waals surface area contributed by atoms with Crippen LogP contribution in [0.1, 0.15) is 16.2 Å². The number of nitrogen functional groups attached to an aromatic ring is 1. The van der Waals surface area contributed by atoms with Crippen LogP contribution in [0.4, 0.5) is 14.5 Å². The minimum absolute atomic E-state index is 0.0918. The summed E-state index contributed by atoms with van der Waals surface area (Å²) in [4.78, 5) is 17.5. The Labute approximate surface area is 114 Å². The second-order valence-electron chi connectivity index (χ2n) is 4.47. The molecule has 5 nitrogen and oxygen atoms in total. The van der Waals surface area contributed by atoms with Gasteiger partial charge < -0.3 is 15.2 Å². The number of carbonyl (C=O) groups is 1. The Balaban J connectivity index is 2.21. The van der Waals surface area contributed by atoms with Gasteiger partial charge in [-0.3, -0.25) is 4.79 Å². The summed E-state index contributed by atoms with van der Waals surface area (Å²) in [6.07, 6.45) is 3.35. The monoisotopic (exact) mass is 280 g/mol. The number of rotatable bonds is 3. The molecule has 0 radical (unpaired) electrons. The molecule has 0 unspecified atom stereocenters. The van der Waals surface area contributed by atoms with Crippen LogP contribution in [-0.2, 0) is 13.6 Å². The van der Waals surface area contributed by atoms with Gasteiger partial charge in [0.05, 0.1) is 6.54 Å². The van der Waals surface area contributed by atoms with E-state index in [1.54, 1.807) is 24.0 Å². The molecule has 0 saturated carbocycles. The first kappa shape index (κ1) is 14.0. The predicted octanol–water partition coefficient (Wildman–Crippen LogP) is 1.55. The largest absolute Gasteiger partial charge is 0.394 e. The lowest BCUT2D eigenvalue weighted by molar-refractivity contribution is 0.0779. The van der Waals surface area contributed by atoms with Crippen molar-refractivity contribution in [2.75, 3.05) is 12.8 Å². The fourth-order valence-corrected chi connectivity index (χ4v) is 1.76. The molecule has 0 aliphatic heterocycles. The number of hydrogen-bond donors (Lipinski definition) is 1. The van der Waals surface area contributed by atoms with Crippen molar-refractivity contribution in [3.05, 3.63) is 47.5 Å². The Morgan fingerprint density at radius 1 is 1.40 bits per heavy atom. The van der Waals surface area contributed by atoms with Crippen LogP contribution < -0.4 is 5.73 Å². The number of hydrogen-bond acceptors (Lipinski definition) is 3. The van der Waals surface area contributed by atoms with Crippen LogP contribution >= 0.6 is 0 Å². The number of benzene rings is 1. The molecule has 7 heteroatoms. The van der Waals surface area contributed by atoms with Crippen LogP contribution in [0.25, 0.3) is 0 Å². The predicted molar refractivity (Wildman–Crippen MR) is 69.8 cm³/mol. The SMILES string of the molecule is CN(Cc1nccn1C)C(=O)c1cc(F)c(N)c(F)c1. The Morgan fingerprint density at radius 2 is 2.00 bits per heavy atom. The lowest BCUT2D eigenvalue weighted by Crippen LogP contribution is -2.27. The highest BCUT2D eigenvalue weighted by atomic mass is 19.1. The van der Waals surface area contributed by atoms with Gasteiger partial charge in [-0.05, 0) is 12.1 Å². The highest BCUT2D eigenvalue weighted by molar-refractivity contribution is 5.94. The van der Waals surface area contributed by atoms with Crippen LogP contribution in [-0.4, -0.2) is 27.4 Å². The maximum Gasteiger partial charge on any atom is 0.254 e. The van der Waals surface area contributed by atoms with Gasteiger partial charge >= 0.3 is 0 Å². The number of aromatic nitrogens is 2. The van der Waals surface area contributed by atoms with E-state index in [1.165, 1.54) is 11.9 Å². The topological polar surface area (TPSA) is 64.2 Å². The molecular formula is C13H14F2N4O. The van der Waals surface area contributed by atoms with E-state index in [0.717, 1.165) is 12.1 Å². The van der Waals surface area contributed by atoms with Crippen LogP contribution in [0, 0.1) is 11.6 Å². The number of anilines is 1. The van der Waals surface area contributed by atoms with Crippen molar-refractivity contribution < 1.29 is 13.6 Å². The molecule has 0 bridgehead atoms. The lowest BCUT2D eigenvalue weighted by atomic mass is 10.1. The van der Waals surface area contributed by atoms with Crippen molar-refractivity contribution in [1.82, 2.24) is 14.5 Å². The molecule has 2 rings (SSSR count). The second-order valence-corrected chi connectivity index (χ2v) is 4.47. The molecular weight excluding hydrogens is 266 g/mol. The quantitative estimate of drug-likeness (QED) is 0.868. The first-order valence-electron chi connectivity index (χ1n) is 5.86. The standard InChI is InChI=1S/C13H14F2N4O/c1-18-4-3-17-11(18)7-19(2)13(20)8-5-9(14)12(16)10(15)6-8/h3-6H,7,16H2,1-2H3. The number of imidazole rings is 1.